The first-order valence-electron chi connectivity index (χ1n) is 12.3. The second kappa shape index (κ2) is 14.9. The van der Waals surface area contributed by atoms with Crippen molar-refractivity contribution in [3.05, 3.63) is 95.6 Å². The molecule has 0 fully saturated rings. The number of rotatable bonds is 11. The van der Waals surface area contributed by atoms with Crippen molar-refractivity contribution in [1.82, 2.24) is 4.90 Å². The highest BCUT2D eigenvalue weighted by Gasteiger charge is 2.28. The van der Waals surface area contributed by atoms with E-state index in [-0.39, 0.29) is 36.7 Å². The van der Waals surface area contributed by atoms with Crippen LogP contribution in [0.5, 0.6) is 11.5 Å². The van der Waals surface area contributed by atoms with Crippen LogP contribution in [0.3, 0.4) is 0 Å². The predicted molar refractivity (Wildman–Crippen MR) is 148 cm³/mol. The fraction of sp³-hybridized carbons (Fsp3) is 0.300. The summed E-state index contributed by atoms with van der Waals surface area (Å²) >= 11 is 0. The minimum atomic E-state index is -0.674. The van der Waals surface area contributed by atoms with Gasteiger partial charge in [0.25, 0.3) is 0 Å². The Morgan fingerprint density at radius 1 is 0.711 bits per heavy atom. The topological polar surface area (TPSA) is 82.1 Å². The third kappa shape index (κ3) is 8.43. The van der Waals surface area contributed by atoms with Crippen molar-refractivity contribution in [2.75, 3.05) is 20.6 Å². The van der Waals surface area contributed by atoms with Crippen molar-refractivity contribution < 1.29 is 28.6 Å². The zero-order valence-electron chi connectivity index (χ0n) is 22.1. The summed E-state index contributed by atoms with van der Waals surface area (Å²) in [5, 5.41) is 0. The largest absolute Gasteiger partial charge is 0.455 e. The number of hydrogen-bond donors (Lipinski definition) is 0. The highest BCUT2D eigenvalue weighted by molar-refractivity contribution is 5.85. The second-order valence-electron chi connectivity index (χ2n) is 8.80. The maximum absolute atomic E-state index is 13.7. The Morgan fingerprint density at radius 3 is 1.68 bits per heavy atom. The first kappa shape index (κ1) is 30.5. The summed E-state index contributed by atoms with van der Waals surface area (Å²) in [4.78, 5) is 39.6. The van der Waals surface area contributed by atoms with Crippen LogP contribution >= 0.6 is 12.4 Å². The van der Waals surface area contributed by atoms with Gasteiger partial charge in [0.1, 0.15) is 12.0 Å². The van der Waals surface area contributed by atoms with Crippen LogP contribution in [0.25, 0.3) is 0 Å². The molecule has 202 valence electrons. The number of likely N-dealkylation sites (N-methyl/N-ethyl adjacent to an activating group) is 1. The minimum absolute atomic E-state index is 0. The number of benzene rings is 3. The molecule has 0 spiro atoms. The predicted octanol–water partition coefficient (Wildman–Crippen LogP) is 5.72. The van der Waals surface area contributed by atoms with Crippen molar-refractivity contribution in [2.24, 2.45) is 0 Å². The molecule has 8 heteroatoms. The summed E-state index contributed by atoms with van der Waals surface area (Å²) in [5.41, 5.74) is 2.25. The van der Waals surface area contributed by atoms with E-state index in [9.17, 15) is 14.4 Å². The molecule has 0 aliphatic rings. The molecule has 0 radical (unpaired) electrons. The molecule has 0 N–H and O–H groups in total. The molecule has 0 saturated heterocycles. The Hall–Kier alpha value is -3.68. The molecule has 3 aromatic carbocycles. The van der Waals surface area contributed by atoms with E-state index in [4.69, 9.17) is 14.2 Å². The van der Waals surface area contributed by atoms with Crippen LogP contribution in [0, 0.1) is 0 Å². The number of nitrogens with zero attached hydrogens (tertiary/aromatic N) is 1. The van der Waals surface area contributed by atoms with Gasteiger partial charge in [-0.25, -0.2) is 0 Å². The van der Waals surface area contributed by atoms with Gasteiger partial charge in [0, 0.05) is 19.4 Å². The average molecular weight is 540 g/mol. The van der Waals surface area contributed by atoms with Crippen LogP contribution in [0.15, 0.2) is 78.9 Å². The molecule has 0 amide bonds. The van der Waals surface area contributed by atoms with Crippen molar-refractivity contribution in [2.45, 2.75) is 38.7 Å². The number of halogens is 1. The van der Waals surface area contributed by atoms with Gasteiger partial charge in [0.05, 0.1) is 0 Å². The molecule has 3 aromatic rings. The molecule has 0 aromatic heterocycles. The van der Waals surface area contributed by atoms with Gasteiger partial charge in [0.2, 0.25) is 0 Å². The second-order valence-corrected chi connectivity index (χ2v) is 8.80. The smallest absolute Gasteiger partial charge is 0.318 e. The highest BCUT2D eigenvalue weighted by Crippen LogP contribution is 2.34. The number of carbonyl (C=O) groups excluding carboxylic acids is 3. The lowest BCUT2D eigenvalue weighted by molar-refractivity contribution is -0.151. The molecular formula is C30H34ClNO6. The molecule has 0 saturated carbocycles. The standard InChI is InChI=1S/C30H33NO6.ClH/c1-5-27(32)35-24-18-17-23(19-25(24)36-28(33)6-2)26(20-31(3)4)37-30(34)29(21-13-9-7-10-14-21)22-15-11-8-12-16-22;/h7-19,26,29H,5-6,20H2,1-4H3;1H. The molecule has 38 heavy (non-hydrogen) atoms. The van der Waals surface area contributed by atoms with Gasteiger partial charge in [-0.3, -0.25) is 14.4 Å². The number of hydrogen-bond acceptors (Lipinski definition) is 7. The van der Waals surface area contributed by atoms with Gasteiger partial charge in [0.15, 0.2) is 11.5 Å². The maximum Gasteiger partial charge on any atom is 0.318 e. The molecular weight excluding hydrogens is 506 g/mol. The quantitative estimate of drug-likeness (QED) is 0.228. The Kier molecular flexibility index (Phi) is 12.0. The molecule has 1 unspecified atom stereocenters. The summed E-state index contributed by atoms with van der Waals surface area (Å²) in [6, 6.07) is 23.8. The summed E-state index contributed by atoms with van der Waals surface area (Å²) < 4.78 is 16.9. The van der Waals surface area contributed by atoms with E-state index >= 15 is 0 Å². The highest BCUT2D eigenvalue weighted by atomic mass is 35.5. The van der Waals surface area contributed by atoms with Gasteiger partial charge < -0.3 is 19.1 Å². The summed E-state index contributed by atoms with van der Waals surface area (Å²) in [5.74, 6) is -1.70. The lowest BCUT2D eigenvalue weighted by Gasteiger charge is -2.25. The number of esters is 3. The van der Waals surface area contributed by atoms with Gasteiger partial charge in [-0.1, -0.05) is 80.6 Å². The summed E-state index contributed by atoms with van der Waals surface area (Å²) in [7, 11) is 3.75. The van der Waals surface area contributed by atoms with Crippen LogP contribution in [-0.4, -0.2) is 43.4 Å². The average Bonchev–Trinajstić information content (AvgIpc) is 2.90. The Morgan fingerprint density at radius 2 is 1.21 bits per heavy atom. The minimum Gasteiger partial charge on any atom is -0.455 e. The van der Waals surface area contributed by atoms with Crippen LogP contribution < -0.4 is 9.47 Å². The van der Waals surface area contributed by atoms with E-state index in [2.05, 4.69) is 0 Å². The molecule has 0 heterocycles. The third-order valence-corrected chi connectivity index (χ3v) is 5.66. The number of carbonyl (C=O) groups is 3. The third-order valence-electron chi connectivity index (χ3n) is 5.66. The number of ether oxygens (including phenoxy) is 3. The zero-order chi connectivity index (χ0) is 26.8. The van der Waals surface area contributed by atoms with E-state index in [1.165, 1.54) is 0 Å². The van der Waals surface area contributed by atoms with Gasteiger partial charge in [-0.05, 0) is 42.9 Å². The van der Waals surface area contributed by atoms with Gasteiger partial charge in [-0.15, -0.1) is 12.4 Å². The molecule has 3 rings (SSSR count). The van der Waals surface area contributed by atoms with Crippen molar-refractivity contribution >= 4 is 30.3 Å². The van der Waals surface area contributed by atoms with E-state index in [1.807, 2.05) is 79.7 Å². The zero-order valence-corrected chi connectivity index (χ0v) is 22.9. The fourth-order valence-corrected chi connectivity index (χ4v) is 3.78. The monoisotopic (exact) mass is 539 g/mol. The summed E-state index contributed by atoms with van der Waals surface area (Å²) in [6.45, 7) is 3.74. The SMILES string of the molecule is CCC(=O)Oc1ccc(C(CN(C)C)OC(=O)C(c2ccccc2)c2ccccc2)cc1OC(=O)CC.Cl. The lowest BCUT2D eigenvalue weighted by Crippen LogP contribution is -2.27. The van der Waals surface area contributed by atoms with Crippen LogP contribution in [0.2, 0.25) is 0 Å². The molecule has 0 bridgehead atoms. The fourth-order valence-electron chi connectivity index (χ4n) is 3.78. The summed E-state index contributed by atoms with van der Waals surface area (Å²) in [6.07, 6.45) is -0.353. The van der Waals surface area contributed by atoms with Crippen molar-refractivity contribution in [1.29, 1.82) is 0 Å². The maximum atomic E-state index is 13.7. The molecule has 0 aliphatic carbocycles. The van der Waals surface area contributed by atoms with Crippen molar-refractivity contribution in [3.63, 3.8) is 0 Å². The van der Waals surface area contributed by atoms with E-state index in [1.54, 1.807) is 32.0 Å². The van der Waals surface area contributed by atoms with E-state index in [0.717, 1.165) is 11.1 Å². The first-order chi connectivity index (χ1) is 17.8. The normalized spacial score (nSPS) is 11.4. The van der Waals surface area contributed by atoms with Gasteiger partial charge in [-0.2, -0.15) is 0 Å². The van der Waals surface area contributed by atoms with Crippen LogP contribution in [-0.2, 0) is 19.1 Å². The van der Waals surface area contributed by atoms with Gasteiger partial charge >= 0.3 is 17.9 Å². The molecule has 1 atom stereocenters. The lowest BCUT2D eigenvalue weighted by atomic mass is 9.91. The first-order valence-corrected chi connectivity index (χ1v) is 12.3. The van der Waals surface area contributed by atoms with E-state index in [0.29, 0.717) is 12.1 Å². The van der Waals surface area contributed by atoms with Crippen LogP contribution in [0.4, 0.5) is 0 Å². The Bertz CT molecular complexity index is 1160. The Balaban J connectivity index is 0.00000507. The molecule has 7 nitrogen and oxygen atoms in total. The van der Waals surface area contributed by atoms with E-state index < -0.39 is 29.9 Å². The Labute approximate surface area is 230 Å². The van der Waals surface area contributed by atoms with Crippen LogP contribution in [0.1, 0.15) is 55.4 Å². The van der Waals surface area contributed by atoms with Crippen molar-refractivity contribution in [3.8, 4) is 11.5 Å². The molecule has 0 aliphatic heterocycles.